The summed E-state index contributed by atoms with van der Waals surface area (Å²) in [5, 5.41) is 14.9. The molecule has 4 rings (SSSR count). The maximum absolute atomic E-state index is 13.5. The molecule has 0 atom stereocenters. The van der Waals surface area contributed by atoms with Crippen LogP contribution in [-0.4, -0.2) is 100 Å². The first-order chi connectivity index (χ1) is 22.9. The molecule has 17 heteroatoms. The smallest absolute Gasteiger partial charge is 0.475 e. The number of carboxylic acids is 2. The van der Waals surface area contributed by atoms with Gasteiger partial charge in [-0.05, 0) is 94.4 Å². The van der Waals surface area contributed by atoms with E-state index < -0.39 is 24.3 Å². The van der Waals surface area contributed by atoms with E-state index in [0.29, 0.717) is 30.6 Å². The standard InChI is InChI=1S/C28H37ClN4O2.2C2HF3O2/c1-22(34)32-18-11-24(12-19-32)28(35)33(27-8-4-6-25(29)21-27)15-5-14-31-16-9-23(10-17-31)20-26-7-2-3-13-30-26;2*3-2(4,5)1(6)7/h2-4,6-8,13,21,23-24H,5,9-12,14-20H2,1H3;2*(H,6,7). The van der Waals surface area contributed by atoms with Gasteiger partial charge < -0.3 is 24.9 Å². The summed E-state index contributed by atoms with van der Waals surface area (Å²) in [6, 6.07) is 13.8. The number of aromatic nitrogens is 1. The zero-order chi connectivity index (χ0) is 36.8. The Morgan fingerprint density at radius 2 is 1.45 bits per heavy atom. The molecule has 3 heterocycles. The largest absolute Gasteiger partial charge is 0.490 e. The van der Waals surface area contributed by atoms with E-state index in [1.807, 2.05) is 46.3 Å². The number of hydrogen-bond acceptors (Lipinski definition) is 6. The van der Waals surface area contributed by atoms with Gasteiger partial charge in [0.25, 0.3) is 0 Å². The van der Waals surface area contributed by atoms with Crippen molar-refractivity contribution in [3.8, 4) is 0 Å². The Morgan fingerprint density at radius 1 is 0.878 bits per heavy atom. The fourth-order valence-corrected chi connectivity index (χ4v) is 5.54. The Balaban J connectivity index is 0.000000500. The van der Waals surface area contributed by atoms with Gasteiger partial charge in [-0.1, -0.05) is 23.7 Å². The first kappa shape index (κ1) is 41.3. The number of carbonyl (C=O) groups excluding carboxylic acids is 2. The van der Waals surface area contributed by atoms with E-state index in [2.05, 4.69) is 22.0 Å². The molecule has 2 aliphatic rings. The van der Waals surface area contributed by atoms with Crippen LogP contribution >= 0.6 is 11.6 Å². The van der Waals surface area contributed by atoms with Crippen LogP contribution < -0.4 is 4.90 Å². The summed E-state index contributed by atoms with van der Waals surface area (Å²) in [5.41, 5.74) is 2.06. The molecule has 10 nitrogen and oxygen atoms in total. The summed E-state index contributed by atoms with van der Waals surface area (Å²) in [7, 11) is 0. The maximum Gasteiger partial charge on any atom is 0.490 e. The summed E-state index contributed by atoms with van der Waals surface area (Å²) in [5.74, 6) is -4.62. The highest BCUT2D eigenvalue weighted by atomic mass is 35.5. The number of hydrogen-bond donors (Lipinski definition) is 2. The third-order valence-corrected chi connectivity index (χ3v) is 8.18. The number of likely N-dealkylation sites (tertiary alicyclic amines) is 2. The number of aliphatic carboxylic acids is 2. The predicted octanol–water partition coefficient (Wildman–Crippen LogP) is 5.94. The summed E-state index contributed by atoms with van der Waals surface area (Å²) in [4.78, 5) is 53.8. The van der Waals surface area contributed by atoms with Crippen molar-refractivity contribution in [3.63, 3.8) is 0 Å². The fraction of sp³-hybridized carbons (Fsp3) is 0.531. The molecule has 0 unspecified atom stereocenters. The minimum atomic E-state index is -5.08. The van der Waals surface area contributed by atoms with Crippen LogP contribution in [0, 0.1) is 11.8 Å². The van der Waals surface area contributed by atoms with Crippen molar-refractivity contribution in [2.24, 2.45) is 11.8 Å². The van der Waals surface area contributed by atoms with Gasteiger partial charge >= 0.3 is 24.3 Å². The SMILES string of the molecule is CC(=O)N1CCC(C(=O)N(CCCN2CCC(Cc3ccccn3)CC2)c2cccc(Cl)c2)CC1.O=C(O)C(F)(F)F.O=C(O)C(F)(F)F. The van der Waals surface area contributed by atoms with Crippen LogP contribution in [0.25, 0.3) is 0 Å². The van der Waals surface area contributed by atoms with Crippen LogP contribution in [-0.2, 0) is 25.6 Å². The van der Waals surface area contributed by atoms with Crippen LogP contribution in [0.4, 0.5) is 32.0 Å². The number of pyridine rings is 1. The number of alkyl halides is 6. The molecular weight excluding hydrogens is 686 g/mol. The molecule has 272 valence electrons. The molecule has 2 aliphatic heterocycles. The number of amides is 2. The molecule has 2 saturated heterocycles. The monoisotopic (exact) mass is 724 g/mol. The lowest BCUT2D eigenvalue weighted by Crippen LogP contribution is -2.45. The van der Waals surface area contributed by atoms with E-state index >= 15 is 0 Å². The average molecular weight is 725 g/mol. The van der Waals surface area contributed by atoms with Crippen LogP contribution in [0.1, 0.15) is 44.7 Å². The first-order valence-corrected chi connectivity index (χ1v) is 15.8. The van der Waals surface area contributed by atoms with Crippen LogP contribution in [0.3, 0.4) is 0 Å². The van der Waals surface area contributed by atoms with Gasteiger partial charge in [0.1, 0.15) is 0 Å². The second kappa shape index (κ2) is 19.3. The molecule has 49 heavy (non-hydrogen) atoms. The second-order valence-electron chi connectivity index (χ2n) is 11.5. The molecule has 1 aromatic carbocycles. The van der Waals surface area contributed by atoms with E-state index in [-0.39, 0.29) is 17.7 Å². The number of piperidine rings is 2. The van der Waals surface area contributed by atoms with E-state index in [1.54, 1.807) is 6.92 Å². The van der Waals surface area contributed by atoms with Crippen LogP contribution in [0.15, 0.2) is 48.7 Å². The number of benzene rings is 1. The van der Waals surface area contributed by atoms with Gasteiger partial charge in [0.15, 0.2) is 0 Å². The topological polar surface area (TPSA) is 131 Å². The molecule has 2 fully saturated rings. The van der Waals surface area contributed by atoms with Crippen LogP contribution in [0.2, 0.25) is 5.02 Å². The van der Waals surface area contributed by atoms with Gasteiger partial charge in [-0.3, -0.25) is 14.6 Å². The maximum atomic E-state index is 13.5. The Bertz CT molecular complexity index is 1340. The van der Waals surface area contributed by atoms with Crippen molar-refractivity contribution < 1.29 is 55.7 Å². The van der Waals surface area contributed by atoms with Gasteiger partial charge in [0, 0.05) is 55.1 Å². The van der Waals surface area contributed by atoms with E-state index in [9.17, 15) is 35.9 Å². The van der Waals surface area contributed by atoms with E-state index in [0.717, 1.165) is 51.0 Å². The Hall–Kier alpha value is -3.92. The molecule has 0 bridgehead atoms. The zero-order valence-electron chi connectivity index (χ0n) is 26.7. The molecule has 2 aromatic rings. The molecule has 0 saturated carbocycles. The number of carbonyl (C=O) groups is 4. The lowest BCUT2D eigenvalue weighted by molar-refractivity contribution is -0.193. The third-order valence-electron chi connectivity index (χ3n) is 7.95. The van der Waals surface area contributed by atoms with Gasteiger partial charge in [0.2, 0.25) is 11.8 Å². The Labute approximate surface area is 284 Å². The van der Waals surface area contributed by atoms with Crippen molar-refractivity contribution in [2.45, 2.75) is 57.8 Å². The summed E-state index contributed by atoms with van der Waals surface area (Å²) >= 11 is 6.27. The third kappa shape index (κ3) is 15.0. The number of anilines is 1. The normalized spacial score (nSPS) is 16.0. The molecule has 2 amide bonds. The van der Waals surface area contributed by atoms with Gasteiger partial charge in [0.05, 0.1) is 0 Å². The number of nitrogens with zero attached hydrogens (tertiary/aromatic N) is 4. The van der Waals surface area contributed by atoms with Crippen molar-refractivity contribution in [3.05, 3.63) is 59.4 Å². The summed E-state index contributed by atoms with van der Waals surface area (Å²) in [6.07, 6.45) is -2.46. The van der Waals surface area contributed by atoms with E-state index in [1.165, 1.54) is 18.5 Å². The lowest BCUT2D eigenvalue weighted by atomic mass is 9.92. The fourth-order valence-electron chi connectivity index (χ4n) is 5.35. The van der Waals surface area contributed by atoms with Crippen molar-refractivity contribution in [1.29, 1.82) is 0 Å². The van der Waals surface area contributed by atoms with E-state index in [4.69, 9.17) is 31.4 Å². The highest BCUT2D eigenvalue weighted by molar-refractivity contribution is 6.30. The number of carboxylic acid groups (broad SMARTS) is 2. The van der Waals surface area contributed by atoms with Crippen molar-refractivity contribution >= 4 is 41.0 Å². The number of rotatable bonds is 8. The molecule has 1 aromatic heterocycles. The zero-order valence-corrected chi connectivity index (χ0v) is 27.5. The average Bonchev–Trinajstić information content (AvgIpc) is 3.04. The molecular formula is C32H39ClF6N4O6. The summed E-state index contributed by atoms with van der Waals surface area (Å²) < 4.78 is 63.5. The molecule has 2 N–H and O–H groups in total. The van der Waals surface area contributed by atoms with Crippen LogP contribution in [0.5, 0.6) is 0 Å². The molecule has 0 aliphatic carbocycles. The highest BCUT2D eigenvalue weighted by Gasteiger charge is 2.39. The highest BCUT2D eigenvalue weighted by Crippen LogP contribution is 2.27. The first-order valence-electron chi connectivity index (χ1n) is 15.4. The minimum Gasteiger partial charge on any atom is -0.475 e. The van der Waals surface area contributed by atoms with Crippen molar-refractivity contribution in [2.75, 3.05) is 44.2 Å². The number of halogens is 7. The van der Waals surface area contributed by atoms with Gasteiger partial charge in [-0.15, -0.1) is 0 Å². The quantitative estimate of drug-likeness (QED) is 0.320. The minimum absolute atomic E-state index is 0.0491. The predicted molar refractivity (Wildman–Crippen MR) is 168 cm³/mol. The summed E-state index contributed by atoms with van der Waals surface area (Å²) in [6.45, 7) is 6.79. The Morgan fingerprint density at radius 3 is 1.92 bits per heavy atom. The molecule has 0 radical (unpaired) electrons. The molecule has 0 spiro atoms. The lowest BCUT2D eigenvalue weighted by Gasteiger charge is -2.35. The van der Waals surface area contributed by atoms with Crippen molar-refractivity contribution in [1.82, 2.24) is 14.8 Å². The Kier molecular flexibility index (Phi) is 16.3. The van der Waals surface area contributed by atoms with Gasteiger partial charge in [-0.2, -0.15) is 26.3 Å². The van der Waals surface area contributed by atoms with Gasteiger partial charge in [-0.25, -0.2) is 9.59 Å². The second-order valence-corrected chi connectivity index (χ2v) is 12.0.